The standard InChI is InChI=1S/C7H18N3O.ClH/c8-2-1-3-10(9)4-6-11-7-5-10;/h1-9H2;1H/q+1;/p-1. The molecular formula is C7H18ClN3O. The van der Waals surface area contributed by atoms with Crippen molar-refractivity contribution in [2.75, 3.05) is 39.4 Å². The summed E-state index contributed by atoms with van der Waals surface area (Å²) in [5.74, 6) is 6.05. The zero-order chi connectivity index (χ0) is 8.16. The Labute approximate surface area is 79.8 Å². The second-order valence-corrected chi connectivity index (χ2v) is 3.14. The molecule has 1 aliphatic heterocycles. The fraction of sp³-hybridized carbons (Fsp3) is 1.00. The third kappa shape index (κ3) is 3.69. The maximum Gasteiger partial charge on any atom is 0.120 e. The molecule has 0 amide bonds. The molecule has 0 atom stereocenters. The van der Waals surface area contributed by atoms with E-state index in [9.17, 15) is 0 Å². The largest absolute Gasteiger partial charge is 1.00 e. The lowest BCUT2D eigenvalue weighted by atomic mass is 10.3. The fourth-order valence-electron chi connectivity index (χ4n) is 1.34. The lowest BCUT2D eigenvalue weighted by Crippen LogP contribution is -3.00. The molecule has 0 aromatic carbocycles. The van der Waals surface area contributed by atoms with Crippen LogP contribution in [0.4, 0.5) is 0 Å². The van der Waals surface area contributed by atoms with Gasteiger partial charge in [-0.05, 0) is 6.54 Å². The summed E-state index contributed by atoms with van der Waals surface area (Å²) in [5.41, 5.74) is 5.41. The Balaban J connectivity index is 0.00000121. The van der Waals surface area contributed by atoms with Gasteiger partial charge in [0.05, 0.1) is 19.8 Å². The van der Waals surface area contributed by atoms with Crippen LogP contribution in [0, 0.1) is 0 Å². The molecular weight excluding hydrogens is 178 g/mol. The summed E-state index contributed by atoms with van der Waals surface area (Å²) in [4.78, 5) is 0. The van der Waals surface area contributed by atoms with E-state index in [0.29, 0.717) is 4.59 Å². The number of rotatable bonds is 3. The summed E-state index contributed by atoms with van der Waals surface area (Å²) in [5, 5.41) is 0. The summed E-state index contributed by atoms with van der Waals surface area (Å²) in [7, 11) is 0. The van der Waals surface area contributed by atoms with Crippen LogP contribution < -0.4 is 24.0 Å². The molecule has 1 rings (SSSR count). The van der Waals surface area contributed by atoms with E-state index in [1.54, 1.807) is 0 Å². The molecule has 4 nitrogen and oxygen atoms in total. The highest BCUT2D eigenvalue weighted by Crippen LogP contribution is 2.04. The lowest BCUT2D eigenvalue weighted by Gasteiger charge is -2.35. The molecule has 5 heteroatoms. The van der Waals surface area contributed by atoms with E-state index >= 15 is 0 Å². The minimum atomic E-state index is 0. The molecule has 74 valence electrons. The number of hydrogen-bond donors (Lipinski definition) is 2. The Kier molecular flexibility index (Phi) is 5.78. The Morgan fingerprint density at radius 2 is 1.83 bits per heavy atom. The molecule has 0 unspecified atom stereocenters. The van der Waals surface area contributed by atoms with Crippen molar-refractivity contribution in [2.45, 2.75) is 6.42 Å². The molecule has 0 saturated carbocycles. The average Bonchev–Trinajstić information content (AvgIpc) is 2.03. The van der Waals surface area contributed by atoms with Crippen LogP contribution >= 0.6 is 0 Å². The molecule has 0 radical (unpaired) electrons. The quantitative estimate of drug-likeness (QED) is 0.357. The van der Waals surface area contributed by atoms with Crippen LogP contribution in [0.25, 0.3) is 0 Å². The highest BCUT2D eigenvalue weighted by molar-refractivity contribution is 4.46. The number of hydrogen-bond acceptors (Lipinski definition) is 3. The molecule has 0 aromatic heterocycles. The summed E-state index contributed by atoms with van der Waals surface area (Å²) in [6, 6.07) is 0. The zero-order valence-electron chi connectivity index (χ0n) is 7.34. The van der Waals surface area contributed by atoms with Gasteiger partial charge in [-0.25, -0.2) is 4.59 Å². The molecule has 1 saturated heterocycles. The number of morpholine rings is 1. The topological polar surface area (TPSA) is 61.3 Å². The van der Waals surface area contributed by atoms with E-state index in [2.05, 4.69) is 0 Å². The van der Waals surface area contributed by atoms with Gasteiger partial charge in [0, 0.05) is 6.42 Å². The number of ether oxygens (including phenoxy) is 1. The van der Waals surface area contributed by atoms with Gasteiger partial charge in [-0.1, -0.05) is 0 Å². The van der Waals surface area contributed by atoms with E-state index in [-0.39, 0.29) is 12.4 Å². The van der Waals surface area contributed by atoms with Crippen LogP contribution in [0.5, 0.6) is 0 Å². The molecule has 0 spiro atoms. The number of quaternary nitrogens is 1. The first-order valence-electron chi connectivity index (χ1n) is 4.19. The van der Waals surface area contributed by atoms with Crippen LogP contribution in [0.3, 0.4) is 0 Å². The summed E-state index contributed by atoms with van der Waals surface area (Å²) < 4.78 is 5.87. The molecule has 1 heterocycles. The van der Waals surface area contributed by atoms with Crippen molar-refractivity contribution < 1.29 is 21.7 Å². The predicted molar refractivity (Wildman–Crippen MR) is 43.5 cm³/mol. The SMILES string of the molecule is NCCC[N+]1(N)CCOCC1.[Cl-]. The smallest absolute Gasteiger partial charge is 0.120 e. The Morgan fingerprint density at radius 1 is 1.25 bits per heavy atom. The van der Waals surface area contributed by atoms with Gasteiger partial charge >= 0.3 is 0 Å². The van der Waals surface area contributed by atoms with Gasteiger partial charge in [-0.15, -0.1) is 0 Å². The zero-order valence-corrected chi connectivity index (χ0v) is 8.09. The Bertz CT molecular complexity index is 117. The molecule has 0 bridgehead atoms. The van der Waals surface area contributed by atoms with E-state index in [0.717, 1.165) is 45.8 Å². The molecule has 0 aliphatic carbocycles. The van der Waals surface area contributed by atoms with Gasteiger partial charge in [0.25, 0.3) is 0 Å². The van der Waals surface area contributed by atoms with E-state index in [1.807, 2.05) is 0 Å². The van der Waals surface area contributed by atoms with E-state index < -0.39 is 0 Å². The summed E-state index contributed by atoms with van der Waals surface area (Å²) in [6.45, 7) is 5.17. The molecule has 1 fully saturated rings. The Hall–Kier alpha value is 0.130. The van der Waals surface area contributed by atoms with Crippen molar-refractivity contribution in [3.63, 3.8) is 0 Å². The number of nitrogens with zero attached hydrogens (tertiary/aromatic N) is 1. The highest BCUT2D eigenvalue weighted by atomic mass is 35.5. The number of halogens is 1. The third-order valence-corrected chi connectivity index (χ3v) is 2.17. The first-order valence-corrected chi connectivity index (χ1v) is 4.19. The summed E-state index contributed by atoms with van der Waals surface area (Å²) >= 11 is 0. The van der Waals surface area contributed by atoms with Crippen LogP contribution in [-0.2, 0) is 4.74 Å². The first kappa shape index (κ1) is 12.1. The van der Waals surface area contributed by atoms with Crippen molar-refractivity contribution in [3.8, 4) is 0 Å². The minimum absolute atomic E-state index is 0. The lowest BCUT2D eigenvalue weighted by molar-refractivity contribution is -0.946. The number of nitrogens with two attached hydrogens (primary N) is 2. The van der Waals surface area contributed by atoms with Crippen molar-refractivity contribution >= 4 is 0 Å². The first-order chi connectivity index (χ1) is 5.27. The van der Waals surface area contributed by atoms with Gasteiger partial charge in [0.1, 0.15) is 13.1 Å². The van der Waals surface area contributed by atoms with Crippen LogP contribution in [0.1, 0.15) is 6.42 Å². The van der Waals surface area contributed by atoms with Crippen molar-refractivity contribution in [1.82, 2.24) is 0 Å². The predicted octanol–water partition coefficient (Wildman–Crippen LogP) is -3.94. The second kappa shape index (κ2) is 5.72. The normalized spacial score (nSPS) is 21.5. The van der Waals surface area contributed by atoms with Gasteiger partial charge in [0.15, 0.2) is 0 Å². The van der Waals surface area contributed by atoms with Crippen molar-refractivity contribution in [1.29, 1.82) is 0 Å². The van der Waals surface area contributed by atoms with Gasteiger partial charge in [0.2, 0.25) is 0 Å². The third-order valence-electron chi connectivity index (χ3n) is 2.17. The van der Waals surface area contributed by atoms with Gasteiger partial charge in [-0.2, -0.15) is 5.84 Å². The van der Waals surface area contributed by atoms with Crippen LogP contribution in [-0.4, -0.2) is 44.0 Å². The molecule has 4 N–H and O–H groups in total. The summed E-state index contributed by atoms with van der Waals surface area (Å²) in [6.07, 6.45) is 1.01. The minimum Gasteiger partial charge on any atom is -1.00 e. The van der Waals surface area contributed by atoms with Crippen LogP contribution in [0.2, 0.25) is 0 Å². The second-order valence-electron chi connectivity index (χ2n) is 3.14. The highest BCUT2D eigenvalue weighted by Gasteiger charge is 2.25. The van der Waals surface area contributed by atoms with Gasteiger partial charge in [-0.3, -0.25) is 0 Å². The monoisotopic (exact) mass is 195 g/mol. The molecule has 12 heavy (non-hydrogen) atoms. The van der Waals surface area contributed by atoms with E-state index in [4.69, 9.17) is 16.3 Å². The van der Waals surface area contributed by atoms with Gasteiger partial charge < -0.3 is 22.9 Å². The molecule has 0 aromatic rings. The maximum absolute atomic E-state index is 6.05. The average molecular weight is 196 g/mol. The van der Waals surface area contributed by atoms with Crippen LogP contribution in [0.15, 0.2) is 0 Å². The maximum atomic E-state index is 6.05. The fourth-order valence-corrected chi connectivity index (χ4v) is 1.34. The molecule has 1 aliphatic rings. The van der Waals surface area contributed by atoms with E-state index in [1.165, 1.54) is 0 Å². The Morgan fingerprint density at radius 3 is 2.33 bits per heavy atom. The van der Waals surface area contributed by atoms with Crippen molar-refractivity contribution in [3.05, 3.63) is 0 Å². The van der Waals surface area contributed by atoms with Crippen molar-refractivity contribution in [2.24, 2.45) is 11.6 Å².